The van der Waals surface area contributed by atoms with Crippen molar-refractivity contribution >= 4 is 11.4 Å². The maximum Gasteiger partial charge on any atom is 0.146 e. The third kappa shape index (κ3) is 2.87. The van der Waals surface area contributed by atoms with Gasteiger partial charge in [0.25, 0.3) is 0 Å². The van der Waals surface area contributed by atoms with Crippen molar-refractivity contribution in [2.75, 3.05) is 18.0 Å². The summed E-state index contributed by atoms with van der Waals surface area (Å²) in [6, 6.07) is 14.7. The van der Waals surface area contributed by atoms with Gasteiger partial charge in [-0.15, -0.1) is 0 Å². The van der Waals surface area contributed by atoms with Gasteiger partial charge in [0.05, 0.1) is 5.56 Å². The second-order valence-electron chi connectivity index (χ2n) is 5.46. The van der Waals surface area contributed by atoms with Gasteiger partial charge in [0.15, 0.2) is 0 Å². The van der Waals surface area contributed by atoms with E-state index in [2.05, 4.69) is 53.2 Å². The van der Waals surface area contributed by atoms with Gasteiger partial charge < -0.3 is 4.90 Å². The maximum atomic E-state index is 9.20. The molecule has 2 heterocycles. The van der Waals surface area contributed by atoms with Crippen molar-refractivity contribution in [1.82, 2.24) is 4.98 Å². The summed E-state index contributed by atoms with van der Waals surface area (Å²) in [5.41, 5.74) is 4.70. The molecule has 0 fully saturated rings. The minimum Gasteiger partial charge on any atom is -0.351 e. The number of benzene rings is 1. The fourth-order valence-corrected chi connectivity index (χ4v) is 2.81. The van der Waals surface area contributed by atoms with Crippen LogP contribution in [0.1, 0.15) is 30.0 Å². The molecule has 1 aromatic carbocycles. The number of hydrogen-bond donors (Lipinski definition) is 0. The summed E-state index contributed by atoms with van der Waals surface area (Å²) in [6.45, 7) is 3.87. The largest absolute Gasteiger partial charge is 0.351 e. The SMILES string of the molecule is CCc1ccc(C2=CCN(c3ncccc3C#N)CC2)cc1. The summed E-state index contributed by atoms with van der Waals surface area (Å²) in [7, 11) is 0. The highest BCUT2D eigenvalue weighted by atomic mass is 15.2. The minimum absolute atomic E-state index is 0.645. The fraction of sp³-hybridized carbons (Fsp3) is 0.263. The zero-order chi connectivity index (χ0) is 15.4. The lowest BCUT2D eigenvalue weighted by molar-refractivity contribution is 0.815. The molecule has 2 aromatic rings. The summed E-state index contributed by atoms with van der Waals surface area (Å²) in [4.78, 5) is 6.54. The Labute approximate surface area is 131 Å². The Morgan fingerprint density at radius 3 is 2.68 bits per heavy atom. The first-order chi connectivity index (χ1) is 10.8. The van der Waals surface area contributed by atoms with Crippen molar-refractivity contribution < 1.29 is 0 Å². The van der Waals surface area contributed by atoms with E-state index in [0.29, 0.717) is 5.56 Å². The van der Waals surface area contributed by atoms with Gasteiger partial charge in [-0.05, 0) is 41.7 Å². The topological polar surface area (TPSA) is 39.9 Å². The summed E-state index contributed by atoms with van der Waals surface area (Å²) < 4.78 is 0. The first kappa shape index (κ1) is 14.3. The van der Waals surface area contributed by atoms with Crippen LogP contribution < -0.4 is 4.90 Å². The molecular formula is C19H19N3. The molecule has 0 radical (unpaired) electrons. The van der Waals surface area contributed by atoms with Crippen LogP contribution in [0.4, 0.5) is 5.82 Å². The molecule has 1 aliphatic rings. The van der Waals surface area contributed by atoms with Gasteiger partial charge in [-0.3, -0.25) is 0 Å². The highest BCUT2D eigenvalue weighted by molar-refractivity contribution is 5.69. The van der Waals surface area contributed by atoms with E-state index in [-0.39, 0.29) is 0 Å². The summed E-state index contributed by atoms with van der Waals surface area (Å²) in [5.74, 6) is 0.793. The second-order valence-corrected chi connectivity index (χ2v) is 5.46. The molecule has 3 nitrogen and oxygen atoms in total. The van der Waals surface area contributed by atoms with Gasteiger partial charge in [0, 0.05) is 19.3 Å². The first-order valence-electron chi connectivity index (χ1n) is 7.70. The standard InChI is InChI=1S/C19H19N3/c1-2-15-5-7-16(8-6-15)17-9-12-22(13-10-17)19-18(14-20)4-3-11-21-19/h3-9,11H,2,10,12-13H2,1H3. The molecular weight excluding hydrogens is 270 g/mol. The Kier molecular flexibility index (Phi) is 4.20. The van der Waals surface area contributed by atoms with Crippen molar-refractivity contribution in [2.45, 2.75) is 19.8 Å². The van der Waals surface area contributed by atoms with Gasteiger partial charge in [-0.2, -0.15) is 5.26 Å². The monoisotopic (exact) mass is 289 g/mol. The summed E-state index contributed by atoms with van der Waals surface area (Å²) in [5, 5.41) is 9.20. The average molecular weight is 289 g/mol. The molecule has 0 spiro atoms. The minimum atomic E-state index is 0.645. The van der Waals surface area contributed by atoms with Crippen LogP contribution in [0.25, 0.3) is 5.57 Å². The predicted molar refractivity (Wildman–Crippen MR) is 89.6 cm³/mol. The van der Waals surface area contributed by atoms with Crippen molar-refractivity contribution in [3.8, 4) is 6.07 Å². The van der Waals surface area contributed by atoms with Gasteiger partial charge in [0.1, 0.15) is 11.9 Å². The molecule has 1 aromatic heterocycles. The first-order valence-corrected chi connectivity index (χ1v) is 7.70. The summed E-state index contributed by atoms with van der Waals surface area (Å²) in [6.07, 6.45) is 6.05. The lowest BCUT2D eigenvalue weighted by Crippen LogP contribution is -2.29. The van der Waals surface area contributed by atoms with Gasteiger partial charge in [-0.25, -0.2) is 4.98 Å². The lowest BCUT2D eigenvalue weighted by atomic mass is 9.98. The van der Waals surface area contributed by atoms with E-state index in [1.807, 2.05) is 12.1 Å². The van der Waals surface area contributed by atoms with Crippen LogP contribution in [0.2, 0.25) is 0 Å². The smallest absolute Gasteiger partial charge is 0.146 e. The predicted octanol–water partition coefficient (Wildman–Crippen LogP) is 3.81. The fourth-order valence-electron chi connectivity index (χ4n) is 2.81. The molecule has 0 N–H and O–H groups in total. The Morgan fingerprint density at radius 1 is 1.23 bits per heavy atom. The zero-order valence-electron chi connectivity index (χ0n) is 12.8. The Hall–Kier alpha value is -2.60. The van der Waals surface area contributed by atoms with Gasteiger partial charge >= 0.3 is 0 Å². The molecule has 3 heteroatoms. The van der Waals surface area contributed by atoms with Crippen LogP contribution in [0.3, 0.4) is 0 Å². The van der Waals surface area contributed by atoms with E-state index in [0.717, 1.165) is 31.7 Å². The number of nitrogens with zero attached hydrogens (tertiary/aromatic N) is 3. The van der Waals surface area contributed by atoms with Gasteiger partial charge in [0.2, 0.25) is 0 Å². The quantitative estimate of drug-likeness (QED) is 0.862. The molecule has 3 rings (SSSR count). The highest BCUT2D eigenvalue weighted by Crippen LogP contribution is 2.26. The van der Waals surface area contributed by atoms with Crippen LogP contribution in [0, 0.1) is 11.3 Å². The van der Waals surface area contributed by atoms with Crippen molar-refractivity contribution in [3.63, 3.8) is 0 Å². The number of rotatable bonds is 3. The van der Waals surface area contributed by atoms with E-state index in [9.17, 15) is 5.26 Å². The molecule has 22 heavy (non-hydrogen) atoms. The summed E-state index contributed by atoms with van der Waals surface area (Å²) >= 11 is 0. The van der Waals surface area contributed by atoms with Crippen LogP contribution >= 0.6 is 0 Å². The second kappa shape index (κ2) is 6.44. The normalized spacial score (nSPS) is 14.4. The lowest BCUT2D eigenvalue weighted by Gasteiger charge is -2.28. The highest BCUT2D eigenvalue weighted by Gasteiger charge is 2.16. The third-order valence-corrected chi connectivity index (χ3v) is 4.15. The van der Waals surface area contributed by atoms with Crippen LogP contribution in [-0.2, 0) is 6.42 Å². The molecule has 0 aliphatic carbocycles. The number of aromatic nitrogens is 1. The molecule has 0 amide bonds. The molecule has 0 atom stereocenters. The number of nitriles is 1. The molecule has 0 saturated carbocycles. The average Bonchev–Trinajstić information content (AvgIpc) is 2.62. The van der Waals surface area contributed by atoms with E-state index < -0.39 is 0 Å². The van der Waals surface area contributed by atoms with Crippen LogP contribution in [0.15, 0.2) is 48.7 Å². The van der Waals surface area contributed by atoms with E-state index >= 15 is 0 Å². The van der Waals surface area contributed by atoms with Gasteiger partial charge in [-0.1, -0.05) is 37.3 Å². The van der Waals surface area contributed by atoms with E-state index in [4.69, 9.17) is 0 Å². The molecule has 0 unspecified atom stereocenters. The molecule has 1 aliphatic heterocycles. The Balaban J connectivity index is 1.78. The van der Waals surface area contributed by atoms with Crippen molar-refractivity contribution in [1.29, 1.82) is 5.26 Å². The van der Waals surface area contributed by atoms with Crippen molar-refractivity contribution in [3.05, 3.63) is 65.4 Å². The number of aryl methyl sites for hydroxylation is 1. The Morgan fingerprint density at radius 2 is 2.05 bits per heavy atom. The van der Waals surface area contributed by atoms with E-state index in [1.165, 1.54) is 16.7 Å². The number of anilines is 1. The molecule has 0 bridgehead atoms. The molecule has 0 saturated heterocycles. The maximum absolute atomic E-state index is 9.20. The van der Waals surface area contributed by atoms with Crippen molar-refractivity contribution in [2.24, 2.45) is 0 Å². The van der Waals surface area contributed by atoms with Crippen LogP contribution in [-0.4, -0.2) is 18.1 Å². The number of pyridine rings is 1. The third-order valence-electron chi connectivity index (χ3n) is 4.15. The number of hydrogen-bond acceptors (Lipinski definition) is 3. The Bertz CT molecular complexity index is 723. The molecule has 110 valence electrons. The zero-order valence-corrected chi connectivity index (χ0v) is 12.8. The van der Waals surface area contributed by atoms with E-state index in [1.54, 1.807) is 6.20 Å². The van der Waals surface area contributed by atoms with Crippen LogP contribution in [0.5, 0.6) is 0 Å².